The molecule has 0 saturated heterocycles. The Bertz CT molecular complexity index is 309. The van der Waals surface area contributed by atoms with Crippen LogP contribution in [-0.4, -0.2) is 10.1 Å². The number of hydrogen-bond acceptors (Lipinski definition) is 2. The highest BCUT2D eigenvalue weighted by molar-refractivity contribution is 5.23. The van der Waals surface area contributed by atoms with Crippen molar-refractivity contribution in [1.82, 2.24) is 4.98 Å². The van der Waals surface area contributed by atoms with E-state index in [-0.39, 0.29) is 6.10 Å². The van der Waals surface area contributed by atoms with Crippen LogP contribution < -0.4 is 0 Å². The lowest BCUT2D eigenvalue weighted by Crippen LogP contribution is -2.02. The Kier molecular flexibility index (Phi) is 4.76. The van der Waals surface area contributed by atoms with Crippen LogP contribution in [0.25, 0.3) is 0 Å². The molecule has 0 saturated carbocycles. The fourth-order valence-electron chi connectivity index (χ4n) is 1.79. The molecule has 84 valence electrons. The molecule has 0 aliphatic rings. The maximum absolute atomic E-state index is 9.98. The maximum atomic E-state index is 9.98. The van der Waals surface area contributed by atoms with Gasteiger partial charge in [0.2, 0.25) is 0 Å². The van der Waals surface area contributed by atoms with Crippen molar-refractivity contribution in [3.63, 3.8) is 0 Å². The van der Waals surface area contributed by atoms with Crippen molar-refractivity contribution < 1.29 is 5.11 Å². The molecule has 1 heterocycles. The number of rotatable bonds is 5. The summed E-state index contributed by atoms with van der Waals surface area (Å²) in [7, 11) is 0. The van der Waals surface area contributed by atoms with Gasteiger partial charge in [-0.15, -0.1) is 0 Å². The Morgan fingerprint density at radius 2 is 2.00 bits per heavy atom. The van der Waals surface area contributed by atoms with Gasteiger partial charge in [-0.05, 0) is 26.3 Å². The van der Waals surface area contributed by atoms with Crippen LogP contribution in [0.5, 0.6) is 0 Å². The number of pyridine rings is 1. The fraction of sp³-hybridized carbons (Fsp3) is 0.615. The van der Waals surface area contributed by atoms with Gasteiger partial charge in [0.25, 0.3) is 0 Å². The molecule has 0 radical (unpaired) electrons. The van der Waals surface area contributed by atoms with E-state index >= 15 is 0 Å². The van der Waals surface area contributed by atoms with Crippen LogP contribution in [-0.2, 0) is 0 Å². The van der Waals surface area contributed by atoms with E-state index in [0.717, 1.165) is 29.8 Å². The summed E-state index contributed by atoms with van der Waals surface area (Å²) in [5.41, 5.74) is 2.95. The number of unbranched alkanes of at least 4 members (excludes halogenated alkanes) is 2. The molecule has 0 spiro atoms. The highest BCUT2D eigenvalue weighted by atomic mass is 16.3. The summed E-state index contributed by atoms with van der Waals surface area (Å²) < 4.78 is 0. The van der Waals surface area contributed by atoms with E-state index in [9.17, 15) is 5.11 Å². The van der Waals surface area contributed by atoms with E-state index in [1.807, 2.05) is 26.0 Å². The molecule has 2 nitrogen and oxygen atoms in total. The zero-order valence-electron chi connectivity index (χ0n) is 9.95. The van der Waals surface area contributed by atoms with Crippen molar-refractivity contribution in [2.75, 3.05) is 0 Å². The third kappa shape index (κ3) is 3.63. The lowest BCUT2D eigenvalue weighted by molar-refractivity contribution is 0.162. The van der Waals surface area contributed by atoms with Gasteiger partial charge in [-0.3, -0.25) is 4.98 Å². The second kappa shape index (κ2) is 5.86. The van der Waals surface area contributed by atoms with Gasteiger partial charge < -0.3 is 5.11 Å². The van der Waals surface area contributed by atoms with E-state index in [4.69, 9.17) is 0 Å². The topological polar surface area (TPSA) is 33.1 Å². The predicted octanol–water partition coefficient (Wildman–Crippen LogP) is 3.31. The molecule has 0 amide bonds. The third-order valence-electron chi connectivity index (χ3n) is 2.71. The summed E-state index contributed by atoms with van der Waals surface area (Å²) in [5.74, 6) is 0. The first-order valence-electron chi connectivity index (χ1n) is 5.77. The number of aliphatic hydroxyl groups excluding tert-OH is 1. The van der Waals surface area contributed by atoms with Gasteiger partial charge in [0, 0.05) is 17.0 Å². The van der Waals surface area contributed by atoms with Gasteiger partial charge >= 0.3 is 0 Å². The summed E-state index contributed by atoms with van der Waals surface area (Å²) in [5, 5.41) is 9.98. The quantitative estimate of drug-likeness (QED) is 0.751. The second-order valence-electron chi connectivity index (χ2n) is 4.14. The van der Waals surface area contributed by atoms with Crippen LogP contribution in [0.3, 0.4) is 0 Å². The lowest BCUT2D eigenvalue weighted by Gasteiger charge is -2.13. The Labute approximate surface area is 92.4 Å². The molecule has 0 aliphatic heterocycles. The molecular formula is C13H21NO. The monoisotopic (exact) mass is 207 g/mol. The Morgan fingerprint density at radius 1 is 1.27 bits per heavy atom. The zero-order chi connectivity index (χ0) is 11.3. The number of aromatic nitrogens is 1. The molecule has 0 aromatic carbocycles. The van der Waals surface area contributed by atoms with Crippen molar-refractivity contribution in [3.05, 3.63) is 29.1 Å². The minimum Gasteiger partial charge on any atom is -0.388 e. The van der Waals surface area contributed by atoms with Crippen LogP contribution in [0, 0.1) is 13.8 Å². The van der Waals surface area contributed by atoms with Gasteiger partial charge in [-0.2, -0.15) is 0 Å². The number of aliphatic hydroxyl groups is 1. The average molecular weight is 207 g/mol. The lowest BCUT2D eigenvalue weighted by atomic mass is 10.0. The first kappa shape index (κ1) is 12.2. The first-order valence-corrected chi connectivity index (χ1v) is 5.77. The van der Waals surface area contributed by atoms with Crippen LogP contribution in [0.4, 0.5) is 0 Å². The number of aryl methyl sites for hydroxylation is 2. The summed E-state index contributed by atoms with van der Waals surface area (Å²) in [6, 6.07) is 3.96. The summed E-state index contributed by atoms with van der Waals surface area (Å²) in [6.07, 6.45) is 3.97. The average Bonchev–Trinajstić information content (AvgIpc) is 2.17. The number of hydrogen-bond donors (Lipinski definition) is 1. The van der Waals surface area contributed by atoms with Gasteiger partial charge in [-0.1, -0.05) is 32.3 Å². The Morgan fingerprint density at radius 3 is 2.60 bits per heavy atom. The predicted molar refractivity (Wildman–Crippen MR) is 62.8 cm³/mol. The molecular weight excluding hydrogens is 186 g/mol. The van der Waals surface area contributed by atoms with E-state index < -0.39 is 0 Å². The molecule has 1 atom stereocenters. The summed E-state index contributed by atoms with van der Waals surface area (Å²) >= 11 is 0. The van der Waals surface area contributed by atoms with Crippen LogP contribution >= 0.6 is 0 Å². The molecule has 1 N–H and O–H groups in total. The molecule has 0 bridgehead atoms. The smallest absolute Gasteiger partial charge is 0.0807 e. The molecule has 1 aromatic rings. The third-order valence-corrected chi connectivity index (χ3v) is 2.71. The van der Waals surface area contributed by atoms with Crippen LogP contribution in [0.15, 0.2) is 12.1 Å². The maximum Gasteiger partial charge on any atom is 0.0807 e. The molecule has 2 heteroatoms. The van der Waals surface area contributed by atoms with Crippen molar-refractivity contribution in [2.45, 2.75) is 52.6 Å². The fourth-order valence-corrected chi connectivity index (χ4v) is 1.79. The largest absolute Gasteiger partial charge is 0.388 e. The summed E-state index contributed by atoms with van der Waals surface area (Å²) in [6.45, 7) is 6.11. The van der Waals surface area contributed by atoms with Crippen molar-refractivity contribution in [2.24, 2.45) is 0 Å². The SMILES string of the molecule is CCCCCC(O)c1ccc(C)nc1C. The second-order valence-corrected chi connectivity index (χ2v) is 4.14. The Balaban J connectivity index is 2.61. The standard InChI is InChI=1S/C13H21NO/c1-4-5-6-7-13(15)12-9-8-10(2)14-11(12)3/h8-9,13,15H,4-7H2,1-3H3. The molecule has 15 heavy (non-hydrogen) atoms. The minimum absolute atomic E-state index is 0.343. The molecule has 1 rings (SSSR count). The van der Waals surface area contributed by atoms with Crippen LogP contribution in [0.1, 0.15) is 55.7 Å². The van der Waals surface area contributed by atoms with E-state index in [1.54, 1.807) is 0 Å². The van der Waals surface area contributed by atoms with E-state index in [2.05, 4.69) is 11.9 Å². The van der Waals surface area contributed by atoms with Gasteiger partial charge in [0.15, 0.2) is 0 Å². The Hall–Kier alpha value is -0.890. The van der Waals surface area contributed by atoms with E-state index in [0.29, 0.717) is 0 Å². The van der Waals surface area contributed by atoms with Crippen molar-refractivity contribution >= 4 is 0 Å². The number of nitrogens with zero attached hydrogens (tertiary/aromatic N) is 1. The molecule has 0 fully saturated rings. The highest BCUT2D eigenvalue weighted by Gasteiger charge is 2.10. The van der Waals surface area contributed by atoms with E-state index in [1.165, 1.54) is 12.8 Å². The highest BCUT2D eigenvalue weighted by Crippen LogP contribution is 2.21. The van der Waals surface area contributed by atoms with Gasteiger partial charge in [0.05, 0.1) is 6.10 Å². The summed E-state index contributed by atoms with van der Waals surface area (Å²) in [4.78, 5) is 4.36. The van der Waals surface area contributed by atoms with Crippen LogP contribution in [0.2, 0.25) is 0 Å². The van der Waals surface area contributed by atoms with Gasteiger partial charge in [0.1, 0.15) is 0 Å². The first-order chi connectivity index (χ1) is 7.15. The minimum atomic E-state index is -0.343. The molecule has 1 aromatic heterocycles. The van der Waals surface area contributed by atoms with Crippen molar-refractivity contribution in [3.8, 4) is 0 Å². The zero-order valence-corrected chi connectivity index (χ0v) is 9.95. The normalized spacial score (nSPS) is 12.8. The molecule has 1 unspecified atom stereocenters. The molecule has 0 aliphatic carbocycles. The van der Waals surface area contributed by atoms with Gasteiger partial charge in [-0.25, -0.2) is 0 Å². The van der Waals surface area contributed by atoms with Crippen molar-refractivity contribution in [1.29, 1.82) is 0 Å².